The lowest BCUT2D eigenvalue weighted by molar-refractivity contribution is 0.784. The fourth-order valence-corrected chi connectivity index (χ4v) is 2.55. The van der Waals surface area contributed by atoms with Gasteiger partial charge >= 0.3 is 0 Å². The van der Waals surface area contributed by atoms with Crippen molar-refractivity contribution in [2.24, 2.45) is 0 Å². The van der Waals surface area contributed by atoms with Crippen LogP contribution in [0.4, 0.5) is 0 Å². The van der Waals surface area contributed by atoms with Gasteiger partial charge in [-0.25, -0.2) is 4.68 Å². The summed E-state index contributed by atoms with van der Waals surface area (Å²) in [6, 6.07) is 8.28. The summed E-state index contributed by atoms with van der Waals surface area (Å²) in [6.45, 7) is 0. The standard InChI is InChI=1S/C12H11BrN2/c13-10-4-2-5-11(7-10)15-12-6-1-3-9(12)8-14-15/h2,4-5,7-8H,1,3,6H2. The first-order valence-electron chi connectivity index (χ1n) is 5.16. The molecule has 0 aliphatic heterocycles. The first-order chi connectivity index (χ1) is 7.34. The van der Waals surface area contributed by atoms with Gasteiger partial charge in [0.1, 0.15) is 0 Å². The molecule has 1 aromatic carbocycles. The van der Waals surface area contributed by atoms with Gasteiger partial charge in [-0.05, 0) is 43.0 Å². The maximum atomic E-state index is 4.44. The summed E-state index contributed by atoms with van der Waals surface area (Å²) in [5.74, 6) is 0. The Labute approximate surface area is 97.1 Å². The summed E-state index contributed by atoms with van der Waals surface area (Å²) in [5.41, 5.74) is 3.94. The summed E-state index contributed by atoms with van der Waals surface area (Å²) < 4.78 is 3.16. The first-order valence-corrected chi connectivity index (χ1v) is 5.95. The molecule has 0 fully saturated rings. The topological polar surface area (TPSA) is 17.8 Å². The van der Waals surface area contributed by atoms with Gasteiger partial charge in [-0.15, -0.1) is 0 Å². The molecule has 2 nitrogen and oxygen atoms in total. The normalized spacial score (nSPS) is 14.2. The SMILES string of the molecule is Brc1cccc(-n2ncc3c2CCC3)c1. The first kappa shape index (κ1) is 9.16. The van der Waals surface area contributed by atoms with E-state index >= 15 is 0 Å². The largest absolute Gasteiger partial charge is 0.238 e. The number of rotatable bonds is 1. The Hall–Kier alpha value is -1.09. The molecule has 2 aromatic rings. The zero-order valence-corrected chi connectivity index (χ0v) is 9.87. The highest BCUT2D eigenvalue weighted by molar-refractivity contribution is 9.10. The number of benzene rings is 1. The van der Waals surface area contributed by atoms with Crippen LogP contribution >= 0.6 is 15.9 Å². The van der Waals surface area contributed by atoms with E-state index < -0.39 is 0 Å². The molecule has 0 amide bonds. The highest BCUT2D eigenvalue weighted by Gasteiger charge is 2.17. The molecule has 0 atom stereocenters. The molecule has 3 rings (SSSR count). The molecule has 0 spiro atoms. The Morgan fingerprint density at radius 2 is 2.20 bits per heavy atom. The van der Waals surface area contributed by atoms with Crippen molar-refractivity contribution in [2.75, 3.05) is 0 Å². The number of halogens is 1. The van der Waals surface area contributed by atoms with Crippen molar-refractivity contribution in [1.82, 2.24) is 9.78 Å². The Morgan fingerprint density at radius 1 is 1.27 bits per heavy atom. The van der Waals surface area contributed by atoms with Gasteiger partial charge < -0.3 is 0 Å². The molecule has 1 aromatic heterocycles. The molecular formula is C12H11BrN2. The number of hydrogen-bond donors (Lipinski definition) is 0. The molecule has 1 aliphatic rings. The lowest BCUT2D eigenvalue weighted by Crippen LogP contribution is -2.00. The van der Waals surface area contributed by atoms with Crippen molar-refractivity contribution < 1.29 is 0 Å². The number of aromatic nitrogens is 2. The Kier molecular flexibility index (Phi) is 2.13. The van der Waals surface area contributed by atoms with Gasteiger partial charge in [0.25, 0.3) is 0 Å². The maximum absolute atomic E-state index is 4.44. The van der Waals surface area contributed by atoms with Crippen molar-refractivity contribution >= 4 is 15.9 Å². The van der Waals surface area contributed by atoms with E-state index in [4.69, 9.17) is 0 Å². The summed E-state index contributed by atoms with van der Waals surface area (Å²) in [5, 5.41) is 4.44. The van der Waals surface area contributed by atoms with E-state index in [2.05, 4.69) is 37.8 Å². The molecule has 76 valence electrons. The number of hydrogen-bond acceptors (Lipinski definition) is 1. The highest BCUT2D eigenvalue weighted by Crippen LogP contribution is 2.25. The third kappa shape index (κ3) is 1.51. The van der Waals surface area contributed by atoms with Crippen molar-refractivity contribution in [3.8, 4) is 5.69 Å². The van der Waals surface area contributed by atoms with Crippen LogP contribution in [0.5, 0.6) is 0 Å². The predicted octanol–water partition coefficient (Wildman–Crippen LogP) is 3.12. The van der Waals surface area contributed by atoms with Crippen LogP contribution in [0.2, 0.25) is 0 Å². The van der Waals surface area contributed by atoms with Crippen molar-refractivity contribution in [2.45, 2.75) is 19.3 Å². The van der Waals surface area contributed by atoms with E-state index in [1.54, 1.807) is 0 Å². The van der Waals surface area contributed by atoms with E-state index in [-0.39, 0.29) is 0 Å². The van der Waals surface area contributed by atoms with Crippen LogP contribution in [0, 0.1) is 0 Å². The molecule has 1 aliphatic carbocycles. The second-order valence-corrected chi connectivity index (χ2v) is 4.78. The summed E-state index contributed by atoms with van der Waals surface area (Å²) in [4.78, 5) is 0. The van der Waals surface area contributed by atoms with Gasteiger partial charge in [-0.2, -0.15) is 5.10 Å². The number of fused-ring (bicyclic) bond motifs is 1. The summed E-state index contributed by atoms with van der Waals surface area (Å²) >= 11 is 3.49. The molecule has 1 heterocycles. The minimum atomic E-state index is 1.10. The quantitative estimate of drug-likeness (QED) is 0.772. The lowest BCUT2D eigenvalue weighted by atomic mass is 10.3. The molecule has 0 saturated carbocycles. The zero-order chi connectivity index (χ0) is 10.3. The van der Waals surface area contributed by atoms with Gasteiger partial charge in [0.15, 0.2) is 0 Å². The average Bonchev–Trinajstić information content (AvgIpc) is 2.77. The van der Waals surface area contributed by atoms with Crippen LogP contribution < -0.4 is 0 Å². The van der Waals surface area contributed by atoms with E-state index in [0.29, 0.717) is 0 Å². The predicted molar refractivity (Wildman–Crippen MR) is 63.3 cm³/mol. The number of aryl methyl sites for hydroxylation is 1. The Bertz CT molecular complexity index is 502. The van der Waals surface area contributed by atoms with E-state index in [0.717, 1.165) is 16.6 Å². The van der Waals surface area contributed by atoms with Crippen LogP contribution in [0.25, 0.3) is 5.69 Å². The van der Waals surface area contributed by atoms with Crippen LogP contribution in [0.1, 0.15) is 17.7 Å². The average molecular weight is 263 g/mol. The third-order valence-corrected chi connectivity index (χ3v) is 3.36. The van der Waals surface area contributed by atoms with Gasteiger partial charge in [0, 0.05) is 10.2 Å². The van der Waals surface area contributed by atoms with Crippen molar-refractivity contribution in [3.05, 3.63) is 46.2 Å². The minimum Gasteiger partial charge on any atom is -0.238 e. The number of nitrogens with zero attached hydrogens (tertiary/aromatic N) is 2. The highest BCUT2D eigenvalue weighted by atomic mass is 79.9. The molecular weight excluding hydrogens is 252 g/mol. The van der Waals surface area contributed by atoms with Gasteiger partial charge in [0.2, 0.25) is 0 Å². The molecule has 15 heavy (non-hydrogen) atoms. The van der Waals surface area contributed by atoms with Crippen LogP contribution in [-0.2, 0) is 12.8 Å². The zero-order valence-electron chi connectivity index (χ0n) is 8.28. The van der Waals surface area contributed by atoms with Crippen molar-refractivity contribution in [3.63, 3.8) is 0 Å². The third-order valence-electron chi connectivity index (χ3n) is 2.87. The summed E-state index contributed by atoms with van der Waals surface area (Å²) in [7, 11) is 0. The Balaban J connectivity index is 2.13. The van der Waals surface area contributed by atoms with E-state index in [1.165, 1.54) is 24.1 Å². The second-order valence-electron chi connectivity index (χ2n) is 3.86. The second kappa shape index (κ2) is 3.49. The van der Waals surface area contributed by atoms with Gasteiger partial charge in [-0.3, -0.25) is 0 Å². The summed E-state index contributed by atoms with van der Waals surface area (Å²) in [6.07, 6.45) is 5.61. The van der Waals surface area contributed by atoms with Gasteiger partial charge in [-0.1, -0.05) is 22.0 Å². The molecule has 3 heteroatoms. The molecule has 0 bridgehead atoms. The van der Waals surface area contributed by atoms with Crippen molar-refractivity contribution in [1.29, 1.82) is 0 Å². The van der Waals surface area contributed by atoms with Crippen LogP contribution in [-0.4, -0.2) is 9.78 Å². The van der Waals surface area contributed by atoms with Crippen LogP contribution in [0.3, 0.4) is 0 Å². The Morgan fingerprint density at radius 3 is 3.07 bits per heavy atom. The fraction of sp³-hybridized carbons (Fsp3) is 0.250. The fourth-order valence-electron chi connectivity index (χ4n) is 2.16. The molecule has 0 saturated heterocycles. The lowest BCUT2D eigenvalue weighted by Gasteiger charge is -2.05. The van der Waals surface area contributed by atoms with E-state index in [1.807, 2.05) is 18.3 Å². The van der Waals surface area contributed by atoms with E-state index in [9.17, 15) is 0 Å². The maximum Gasteiger partial charge on any atom is 0.0660 e. The molecule has 0 unspecified atom stereocenters. The van der Waals surface area contributed by atoms with Crippen LogP contribution in [0.15, 0.2) is 34.9 Å². The monoisotopic (exact) mass is 262 g/mol. The smallest absolute Gasteiger partial charge is 0.0660 e. The van der Waals surface area contributed by atoms with Gasteiger partial charge in [0.05, 0.1) is 11.9 Å². The molecule has 0 radical (unpaired) electrons. The molecule has 0 N–H and O–H groups in total. The minimum absolute atomic E-state index is 1.10.